The van der Waals surface area contributed by atoms with Crippen LogP contribution in [0, 0.1) is 0 Å². The number of piperazine rings is 1. The number of nitrogens with zero attached hydrogens (tertiary/aromatic N) is 1. The van der Waals surface area contributed by atoms with Crippen LogP contribution in [0.1, 0.15) is 5.56 Å². The molecule has 0 unspecified atom stereocenters. The monoisotopic (exact) mass is 341 g/mol. The minimum atomic E-state index is -5.37. The maximum atomic E-state index is 12.9. The lowest BCUT2D eigenvalue weighted by Gasteiger charge is -2.28. The molecule has 1 aliphatic rings. The maximum Gasteiger partial charge on any atom is 0.509 e. The minimum Gasteiger partial charge on any atom is -0.445 e. The standard InChI is InChI=1S/C11H14BF4N2O3S/c13-12(14,15)10-5-9(8-18-3-1-17-2-4-18)6-11(7-10)21-22(16,19)20/h5-7,17H,1-4,8H2/q-1. The van der Waals surface area contributed by atoms with Crippen LogP contribution in [0.25, 0.3) is 0 Å². The van der Waals surface area contributed by atoms with Gasteiger partial charge in [-0.25, -0.2) is 0 Å². The molecule has 1 aromatic rings. The van der Waals surface area contributed by atoms with E-state index < -0.39 is 28.7 Å². The van der Waals surface area contributed by atoms with E-state index in [1.54, 1.807) is 0 Å². The highest BCUT2D eigenvalue weighted by molar-refractivity contribution is 7.81. The number of hydrogen-bond acceptors (Lipinski definition) is 5. The number of hydrogen-bond donors (Lipinski definition) is 1. The third-order valence-corrected chi connectivity index (χ3v) is 3.57. The van der Waals surface area contributed by atoms with Gasteiger partial charge in [0.1, 0.15) is 5.75 Å². The SMILES string of the molecule is O=S(=O)(F)Oc1cc(CN2CCNCC2)cc([B-](F)(F)F)c1. The Kier molecular flexibility index (Phi) is 4.98. The number of nitrogens with one attached hydrogen (secondary N) is 1. The molecule has 124 valence electrons. The second-order valence-electron chi connectivity index (χ2n) is 4.99. The van der Waals surface area contributed by atoms with Gasteiger partial charge >= 0.3 is 17.5 Å². The Labute approximate surface area is 125 Å². The van der Waals surface area contributed by atoms with Crippen LogP contribution in [0.4, 0.5) is 16.8 Å². The van der Waals surface area contributed by atoms with Gasteiger partial charge in [0.15, 0.2) is 0 Å². The molecule has 0 atom stereocenters. The van der Waals surface area contributed by atoms with Crippen LogP contribution >= 0.6 is 0 Å². The molecule has 0 spiro atoms. The molecule has 0 aliphatic carbocycles. The number of halogens is 4. The lowest BCUT2D eigenvalue weighted by atomic mass is 9.79. The van der Waals surface area contributed by atoms with E-state index in [9.17, 15) is 25.3 Å². The third kappa shape index (κ3) is 5.14. The summed E-state index contributed by atoms with van der Waals surface area (Å²) in [6, 6.07) is 2.52. The van der Waals surface area contributed by atoms with Crippen molar-refractivity contribution < 1.29 is 29.4 Å². The molecule has 1 aromatic carbocycles. The molecule has 1 saturated heterocycles. The van der Waals surface area contributed by atoms with Gasteiger partial charge in [0.2, 0.25) is 0 Å². The Hall–Kier alpha value is -1.33. The largest absolute Gasteiger partial charge is 0.509 e. The molecule has 0 amide bonds. The molecule has 2 rings (SSSR count). The first-order valence-corrected chi connectivity index (χ1v) is 7.85. The van der Waals surface area contributed by atoms with Gasteiger partial charge < -0.3 is 22.4 Å². The van der Waals surface area contributed by atoms with E-state index >= 15 is 0 Å². The van der Waals surface area contributed by atoms with Crippen molar-refractivity contribution in [2.75, 3.05) is 26.2 Å². The molecular formula is C11H14BF4N2O3S-. The van der Waals surface area contributed by atoms with E-state index in [1.807, 2.05) is 4.90 Å². The van der Waals surface area contributed by atoms with Crippen molar-refractivity contribution in [3.63, 3.8) is 0 Å². The van der Waals surface area contributed by atoms with E-state index in [-0.39, 0.29) is 12.1 Å². The fourth-order valence-electron chi connectivity index (χ4n) is 2.26. The second-order valence-corrected chi connectivity index (χ2v) is 5.94. The molecule has 0 aromatic heterocycles. The van der Waals surface area contributed by atoms with Crippen molar-refractivity contribution in [1.82, 2.24) is 10.2 Å². The molecule has 0 saturated carbocycles. The quantitative estimate of drug-likeness (QED) is 0.486. The molecule has 0 bridgehead atoms. The van der Waals surface area contributed by atoms with Gasteiger partial charge in [0.05, 0.1) is 0 Å². The van der Waals surface area contributed by atoms with E-state index in [0.717, 1.165) is 12.1 Å². The third-order valence-electron chi connectivity index (χ3n) is 3.18. The van der Waals surface area contributed by atoms with Gasteiger partial charge in [-0.2, -0.15) is 8.42 Å². The second kappa shape index (κ2) is 6.43. The van der Waals surface area contributed by atoms with Crippen molar-refractivity contribution in [3.05, 3.63) is 23.8 Å². The van der Waals surface area contributed by atoms with Gasteiger partial charge in [-0.15, -0.1) is 5.46 Å². The van der Waals surface area contributed by atoms with Gasteiger partial charge in [0, 0.05) is 32.7 Å². The van der Waals surface area contributed by atoms with Crippen molar-refractivity contribution in [1.29, 1.82) is 0 Å². The van der Waals surface area contributed by atoms with Gasteiger partial charge in [0.25, 0.3) is 0 Å². The first-order valence-electron chi connectivity index (χ1n) is 6.54. The predicted molar refractivity (Wildman–Crippen MR) is 74.0 cm³/mol. The first-order chi connectivity index (χ1) is 10.1. The minimum absolute atomic E-state index is 0.199. The van der Waals surface area contributed by atoms with Gasteiger partial charge in [-0.3, -0.25) is 4.90 Å². The van der Waals surface area contributed by atoms with Gasteiger partial charge in [-0.1, -0.05) is 9.95 Å². The molecule has 5 nitrogen and oxygen atoms in total. The van der Waals surface area contributed by atoms with Crippen molar-refractivity contribution >= 4 is 22.9 Å². The number of rotatable bonds is 5. The molecule has 1 aliphatic heterocycles. The summed E-state index contributed by atoms with van der Waals surface area (Å²) in [5.74, 6) is -0.677. The van der Waals surface area contributed by atoms with E-state index in [2.05, 4.69) is 9.50 Å². The summed E-state index contributed by atoms with van der Waals surface area (Å²) in [6.45, 7) is -2.42. The molecular weight excluding hydrogens is 327 g/mol. The topological polar surface area (TPSA) is 58.6 Å². The average molecular weight is 341 g/mol. The van der Waals surface area contributed by atoms with Crippen LogP contribution in [-0.4, -0.2) is 46.5 Å². The lowest BCUT2D eigenvalue weighted by Crippen LogP contribution is -2.43. The lowest BCUT2D eigenvalue weighted by molar-refractivity contribution is 0.233. The molecule has 1 fully saturated rings. The molecule has 1 heterocycles. The van der Waals surface area contributed by atoms with E-state index in [1.165, 1.54) is 0 Å². The van der Waals surface area contributed by atoms with Crippen LogP contribution in [0.5, 0.6) is 5.75 Å². The van der Waals surface area contributed by atoms with Crippen molar-refractivity contribution in [2.45, 2.75) is 6.54 Å². The fourth-order valence-corrected chi connectivity index (χ4v) is 2.58. The highest BCUT2D eigenvalue weighted by Crippen LogP contribution is 2.20. The van der Waals surface area contributed by atoms with Crippen LogP contribution < -0.4 is 15.0 Å². The highest BCUT2D eigenvalue weighted by Gasteiger charge is 2.27. The summed E-state index contributed by atoms with van der Waals surface area (Å²) in [7, 11) is -5.37. The summed E-state index contributed by atoms with van der Waals surface area (Å²) < 4.78 is 76.2. The summed E-state index contributed by atoms with van der Waals surface area (Å²) in [4.78, 5) is 1.91. The molecule has 1 N–H and O–H groups in total. The van der Waals surface area contributed by atoms with E-state index in [4.69, 9.17) is 0 Å². The van der Waals surface area contributed by atoms with Gasteiger partial charge in [-0.05, 0) is 17.7 Å². The Morgan fingerprint density at radius 1 is 1.18 bits per heavy atom. The van der Waals surface area contributed by atoms with Crippen molar-refractivity contribution in [2.24, 2.45) is 0 Å². The molecule has 22 heavy (non-hydrogen) atoms. The normalized spacial score (nSPS) is 17.5. The predicted octanol–water partition coefficient (Wildman–Crippen LogP) is 0.739. The maximum absolute atomic E-state index is 12.9. The summed E-state index contributed by atoms with van der Waals surface area (Å²) in [5, 5.41) is 3.11. The Bertz CT molecular complexity index is 633. The summed E-state index contributed by atoms with van der Waals surface area (Å²) >= 11 is 0. The summed E-state index contributed by atoms with van der Waals surface area (Å²) in [5.41, 5.74) is -0.802. The fraction of sp³-hybridized carbons (Fsp3) is 0.455. The molecule has 0 radical (unpaired) electrons. The summed E-state index contributed by atoms with van der Waals surface area (Å²) in [6.07, 6.45) is 0. The van der Waals surface area contributed by atoms with Crippen LogP contribution in [0.3, 0.4) is 0 Å². The zero-order valence-corrected chi connectivity index (χ0v) is 12.3. The smallest absolute Gasteiger partial charge is 0.445 e. The van der Waals surface area contributed by atoms with E-state index in [0.29, 0.717) is 32.2 Å². The number of benzene rings is 1. The van der Waals surface area contributed by atoms with Crippen LogP contribution in [0.2, 0.25) is 0 Å². The van der Waals surface area contributed by atoms with Crippen LogP contribution in [0.15, 0.2) is 18.2 Å². The zero-order valence-electron chi connectivity index (χ0n) is 11.4. The highest BCUT2D eigenvalue weighted by atomic mass is 32.3. The van der Waals surface area contributed by atoms with Crippen LogP contribution in [-0.2, 0) is 17.0 Å². The Morgan fingerprint density at radius 2 is 1.82 bits per heavy atom. The Morgan fingerprint density at radius 3 is 2.36 bits per heavy atom. The Balaban J connectivity index is 2.28. The molecule has 11 heteroatoms. The first kappa shape index (κ1) is 17.0. The van der Waals surface area contributed by atoms with Crippen molar-refractivity contribution in [3.8, 4) is 5.75 Å². The average Bonchev–Trinajstić information content (AvgIpc) is 2.36. The zero-order chi connectivity index (χ0) is 16.4.